The first-order valence-electron chi connectivity index (χ1n) is 11.0. The summed E-state index contributed by atoms with van der Waals surface area (Å²) in [5, 5.41) is 18.1. The van der Waals surface area contributed by atoms with Crippen LogP contribution >= 0.6 is 0 Å². The van der Waals surface area contributed by atoms with Gasteiger partial charge in [-0.05, 0) is 71.8 Å². The van der Waals surface area contributed by atoms with E-state index in [9.17, 15) is 16.8 Å². The van der Waals surface area contributed by atoms with E-state index in [2.05, 4.69) is 0 Å². The van der Waals surface area contributed by atoms with Gasteiger partial charge in [-0.25, -0.2) is 16.8 Å². The van der Waals surface area contributed by atoms with Crippen molar-refractivity contribution in [2.75, 3.05) is 14.2 Å². The van der Waals surface area contributed by atoms with E-state index >= 15 is 0 Å². The van der Waals surface area contributed by atoms with Crippen molar-refractivity contribution >= 4 is 19.7 Å². The summed E-state index contributed by atoms with van der Waals surface area (Å²) in [7, 11) is -5.17. The smallest absolute Gasteiger partial charge is 0.210 e. The Hall–Kier alpha value is -4.64. The summed E-state index contributed by atoms with van der Waals surface area (Å²) in [6.45, 7) is 0. The predicted molar refractivity (Wildman–Crippen MR) is 138 cm³/mol. The summed E-state index contributed by atoms with van der Waals surface area (Å²) in [5.41, 5.74) is 1.91. The first kappa shape index (κ1) is 26.4. The number of benzene rings is 4. The van der Waals surface area contributed by atoms with Gasteiger partial charge >= 0.3 is 0 Å². The summed E-state index contributed by atoms with van der Waals surface area (Å²) in [6.07, 6.45) is 0. The maximum absolute atomic E-state index is 13.2. The Morgan fingerprint density at radius 3 is 1.18 bits per heavy atom. The van der Waals surface area contributed by atoms with Crippen LogP contribution in [0.15, 0.2) is 105 Å². The second-order valence-corrected chi connectivity index (χ2v) is 11.8. The van der Waals surface area contributed by atoms with Gasteiger partial charge in [0.25, 0.3) is 0 Å². The number of methoxy groups -OCH3 is 2. The molecule has 10 heteroatoms. The molecular formula is C28H20N2O6S2. The number of rotatable bonds is 7. The molecule has 0 aliphatic carbocycles. The van der Waals surface area contributed by atoms with Crippen LogP contribution in [-0.4, -0.2) is 31.1 Å². The number of sulfone groups is 2. The molecule has 0 aliphatic rings. The van der Waals surface area contributed by atoms with E-state index in [0.717, 1.165) is 0 Å². The molecule has 0 radical (unpaired) electrons. The fourth-order valence-corrected chi connectivity index (χ4v) is 6.63. The molecule has 0 aromatic heterocycles. The third kappa shape index (κ3) is 4.83. The summed E-state index contributed by atoms with van der Waals surface area (Å²) < 4.78 is 63.1. The highest BCUT2D eigenvalue weighted by Crippen LogP contribution is 2.33. The van der Waals surface area contributed by atoms with Crippen molar-refractivity contribution in [2.24, 2.45) is 0 Å². The van der Waals surface area contributed by atoms with Crippen molar-refractivity contribution in [2.45, 2.75) is 19.6 Å². The lowest BCUT2D eigenvalue weighted by molar-refractivity contribution is 0.402. The maximum Gasteiger partial charge on any atom is 0.210 e. The lowest BCUT2D eigenvalue weighted by atomic mass is 10.1. The molecule has 0 heterocycles. The van der Waals surface area contributed by atoms with Crippen molar-refractivity contribution in [3.05, 3.63) is 96.1 Å². The van der Waals surface area contributed by atoms with E-state index in [0.29, 0.717) is 11.1 Å². The molecular weight excluding hydrogens is 524 g/mol. The Kier molecular flexibility index (Phi) is 7.22. The highest BCUT2D eigenvalue weighted by atomic mass is 32.2. The average Bonchev–Trinajstić information content (AvgIpc) is 2.96. The van der Waals surface area contributed by atoms with E-state index in [4.69, 9.17) is 20.0 Å². The standard InChI is InChI=1S/C28H20N2O6S2/c1-35-25-15-19(17-29)3-13-27(25)37(31,32)23-9-5-21(6-10-23)22-7-11-24(12-8-22)38(33,34)28-14-4-20(18-30)16-26(28)36-2/h3-16H,1-2H3. The van der Waals surface area contributed by atoms with Gasteiger partial charge in [0, 0.05) is 0 Å². The van der Waals surface area contributed by atoms with Crippen molar-refractivity contribution in [3.63, 3.8) is 0 Å². The Bertz CT molecular complexity index is 1680. The van der Waals surface area contributed by atoms with Crippen LogP contribution in [0.1, 0.15) is 11.1 Å². The summed E-state index contributed by atoms with van der Waals surface area (Å²) >= 11 is 0. The largest absolute Gasteiger partial charge is 0.495 e. The van der Waals surface area contributed by atoms with Crippen molar-refractivity contribution in [1.29, 1.82) is 10.5 Å². The van der Waals surface area contributed by atoms with Crippen LogP contribution in [0, 0.1) is 22.7 Å². The van der Waals surface area contributed by atoms with E-state index in [1.54, 1.807) is 24.3 Å². The van der Waals surface area contributed by atoms with Gasteiger partial charge in [0.05, 0.1) is 47.3 Å². The zero-order valence-electron chi connectivity index (χ0n) is 20.2. The minimum Gasteiger partial charge on any atom is -0.495 e. The Morgan fingerprint density at radius 2 is 0.895 bits per heavy atom. The topological polar surface area (TPSA) is 134 Å². The first-order chi connectivity index (χ1) is 18.1. The molecule has 8 nitrogen and oxygen atoms in total. The molecule has 0 saturated heterocycles. The van der Waals surface area contributed by atoms with E-state index in [-0.39, 0.29) is 42.2 Å². The molecule has 0 bridgehead atoms. The summed E-state index contributed by atoms with van der Waals surface area (Å²) in [4.78, 5) is -0.0354. The van der Waals surface area contributed by atoms with Crippen LogP contribution in [-0.2, 0) is 19.7 Å². The lowest BCUT2D eigenvalue weighted by Crippen LogP contribution is -2.05. The lowest BCUT2D eigenvalue weighted by Gasteiger charge is -2.12. The molecule has 4 aromatic rings. The third-order valence-electron chi connectivity index (χ3n) is 5.83. The SMILES string of the molecule is COc1cc(C#N)ccc1S(=O)(=O)c1ccc(-c2ccc(S(=O)(=O)c3ccc(C#N)cc3OC)cc2)cc1. The number of ether oxygens (including phenoxy) is 2. The second-order valence-electron chi connectivity index (χ2n) is 8.01. The molecule has 0 N–H and O–H groups in total. The monoisotopic (exact) mass is 544 g/mol. The second kappa shape index (κ2) is 10.4. The molecule has 0 unspecified atom stereocenters. The molecule has 0 atom stereocenters. The summed E-state index contributed by atoms with van der Waals surface area (Å²) in [5.74, 6) is 0.146. The van der Waals surface area contributed by atoms with Crippen molar-refractivity contribution in [3.8, 4) is 34.8 Å². The molecule has 38 heavy (non-hydrogen) atoms. The van der Waals surface area contributed by atoms with Crippen molar-refractivity contribution in [1.82, 2.24) is 0 Å². The van der Waals surface area contributed by atoms with Gasteiger partial charge in [-0.3, -0.25) is 0 Å². The number of nitrogens with zero attached hydrogens (tertiary/aromatic N) is 2. The quantitative estimate of drug-likeness (QED) is 0.324. The highest BCUT2D eigenvalue weighted by Gasteiger charge is 2.24. The number of hydrogen-bond donors (Lipinski definition) is 0. The van der Waals surface area contributed by atoms with Gasteiger partial charge in [-0.15, -0.1) is 0 Å². The van der Waals surface area contributed by atoms with Gasteiger partial charge in [0.1, 0.15) is 21.3 Å². The minimum atomic E-state index is -3.92. The fourth-order valence-electron chi connectivity index (χ4n) is 3.83. The first-order valence-corrected chi connectivity index (χ1v) is 14.0. The van der Waals surface area contributed by atoms with E-state index in [1.807, 2.05) is 12.1 Å². The highest BCUT2D eigenvalue weighted by molar-refractivity contribution is 7.92. The average molecular weight is 545 g/mol. The Labute approximate surface area is 220 Å². The zero-order chi connectivity index (χ0) is 27.5. The Balaban J connectivity index is 1.63. The van der Waals surface area contributed by atoms with Gasteiger partial charge in [0.2, 0.25) is 19.7 Å². The van der Waals surface area contributed by atoms with Crippen LogP contribution in [0.3, 0.4) is 0 Å². The molecule has 0 fully saturated rings. The molecule has 0 aliphatic heterocycles. The number of nitriles is 2. The summed E-state index contributed by atoms with van der Waals surface area (Å²) in [6, 6.07) is 24.4. The molecule has 4 rings (SSSR count). The minimum absolute atomic E-state index is 0.0383. The van der Waals surface area contributed by atoms with Crippen LogP contribution < -0.4 is 9.47 Å². The maximum atomic E-state index is 13.2. The van der Waals surface area contributed by atoms with Gasteiger partial charge in [-0.1, -0.05) is 24.3 Å². The van der Waals surface area contributed by atoms with Gasteiger partial charge in [-0.2, -0.15) is 10.5 Å². The van der Waals surface area contributed by atoms with Crippen LogP contribution in [0.2, 0.25) is 0 Å². The van der Waals surface area contributed by atoms with Crippen molar-refractivity contribution < 1.29 is 26.3 Å². The predicted octanol–water partition coefficient (Wildman–Crippen LogP) is 4.78. The van der Waals surface area contributed by atoms with E-state index < -0.39 is 19.7 Å². The van der Waals surface area contributed by atoms with Gasteiger partial charge < -0.3 is 9.47 Å². The molecule has 0 saturated carbocycles. The molecule has 4 aromatic carbocycles. The van der Waals surface area contributed by atoms with E-state index in [1.165, 1.54) is 74.9 Å². The number of hydrogen-bond acceptors (Lipinski definition) is 8. The van der Waals surface area contributed by atoms with Crippen LogP contribution in [0.5, 0.6) is 11.5 Å². The van der Waals surface area contributed by atoms with Crippen LogP contribution in [0.25, 0.3) is 11.1 Å². The molecule has 190 valence electrons. The van der Waals surface area contributed by atoms with Gasteiger partial charge in [0.15, 0.2) is 0 Å². The third-order valence-corrected chi connectivity index (χ3v) is 9.45. The molecule has 0 amide bonds. The zero-order valence-corrected chi connectivity index (χ0v) is 21.9. The Morgan fingerprint density at radius 1 is 0.553 bits per heavy atom. The molecule has 0 spiro atoms. The normalized spacial score (nSPS) is 11.3. The van der Waals surface area contributed by atoms with Crippen LogP contribution in [0.4, 0.5) is 0 Å². The fraction of sp³-hybridized carbons (Fsp3) is 0.0714.